The second-order valence-electron chi connectivity index (χ2n) is 8.08. The Balaban J connectivity index is 1.44. The minimum Gasteiger partial charge on any atom is -0.457 e. The highest BCUT2D eigenvalue weighted by Gasteiger charge is 2.56. The molecule has 0 bridgehead atoms. The van der Waals surface area contributed by atoms with Crippen LogP contribution in [0.3, 0.4) is 0 Å². The van der Waals surface area contributed by atoms with Crippen molar-refractivity contribution in [3.8, 4) is 11.5 Å². The van der Waals surface area contributed by atoms with E-state index < -0.39 is 17.1 Å². The molecule has 1 aromatic heterocycles. The predicted octanol–water partition coefficient (Wildman–Crippen LogP) is 5.02. The molecule has 8 heteroatoms. The molecule has 34 heavy (non-hydrogen) atoms. The first-order chi connectivity index (χ1) is 16.6. The minimum atomic E-state index is -0.622. The van der Waals surface area contributed by atoms with Crippen molar-refractivity contribution in [2.45, 2.75) is 16.2 Å². The van der Waals surface area contributed by atoms with Crippen LogP contribution >= 0.6 is 23.1 Å². The van der Waals surface area contributed by atoms with Gasteiger partial charge in [0.1, 0.15) is 16.7 Å². The Morgan fingerprint density at radius 3 is 2.26 bits per heavy atom. The van der Waals surface area contributed by atoms with Gasteiger partial charge in [0.15, 0.2) is 0 Å². The highest BCUT2D eigenvalue weighted by atomic mass is 32.2. The molecule has 6 rings (SSSR count). The number of H-pyrrole nitrogens is 1. The monoisotopic (exact) mass is 486 g/mol. The van der Waals surface area contributed by atoms with Gasteiger partial charge in [-0.3, -0.25) is 14.4 Å². The second kappa shape index (κ2) is 8.30. The van der Waals surface area contributed by atoms with Crippen LogP contribution in [0.5, 0.6) is 11.5 Å². The Labute approximate surface area is 203 Å². The molecule has 1 saturated heterocycles. The molecular weight excluding hydrogens is 468 g/mol. The van der Waals surface area contributed by atoms with Gasteiger partial charge in [-0.05, 0) is 42.0 Å². The van der Waals surface area contributed by atoms with Gasteiger partial charge < -0.3 is 9.72 Å². The maximum absolute atomic E-state index is 13.7. The van der Waals surface area contributed by atoms with E-state index in [0.717, 1.165) is 21.8 Å². The van der Waals surface area contributed by atoms with Crippen LogP contribution in [0.4, 0.5) is 5.69 Å². The van der Waals surface area contributed by atoms with Gasteiger partial charge in [0.05, 0.1) is 16.6 Å². The molecule has 3 atom stereocenters. The number of ether oxygens (including phenoxy) is 1. The zero-order valence-electron chi connectivity index (χ0n) is 17.7. The number of fused-ring (bicyclic) bond motifs is 2. The first-order valence-electron chi connectivity index (χ1n) is 10.8. The van der Waals surface area contributed by atoms with Crippen LogP contribution in [0.25, 0.3) is 0 Å². The molecule has 0 spiro atoms. The van der Waals surface area contributed by atoms with Crippen molar-refractivity contribution in [2.24, 2.45) is 5.92 Å². The summed E-state index contributed by atoms with van der Waals surface area (Å²) >= 11 is 2.37. The third-order valence-corrected chi connectivity index (χ3v) is 8.44. The van der Waals surface area contributed by atoms with Crippen molar-refractivity contribution >= 4 is 40.6 Å². The number of carbonyl (C=O) groups is 2. The summed E-state index contributed by atoms with van der Waals surface area (Å²) in [6.45, 7) is 0. The normalized spacial score (nSPS) is 21.3. The zero-order valence-corrected chi connectivity index (χ0v) is 19.3. The second-order valence-corrected chi connectivity index (χ2v) is 10.3. The molecular formula is C26H18N2O4S2. The smallest absolute Gasteiger partial charge is 0.305 e. The number of thiazole rings is 1. The lowest BCUT2D eigenvalue weighted by Crippen LogP contribution is -2.32. The lowest BCUT2D eigenvalue weighted by atomic mass is 9.83. The molecule has 1 fully saturated rings. The number of hydrogen-bond acceptors (Lipinski definition) is 6. The van der Waals surface area contributed by atoms with E-state index in [1.165, 1.54) is 16.7 Å². The van der Waals surface area contributed by atoms with E-state index in [4.69, 9.17) is 4.74 Å². The van der Waals surface area contributed by atoms with Crippen molar-refractivity contribution in [3.05, 3.63) is 105 Å². The topological polar surface area (TPSA) is 79.5 Å². The first kappa shape index (κ1) is 20.9. The highest BCUT2D eigenvalue weighted by Crippen LogP contribution is 2.53. The number of aromatic nitrogens is 1. The van der Waals surface area contributed by atoms with Crippen LogP contribution in [0.2, 0.25) is 0 Å². The van der Waals surface area contributed by atoms with Gasteiger partial charge in [0.25, 0.3) is 0 Å². The molecule has 0 saturated carbocycles. The number of aromatic amines is 1. The number of carbonyl (C=O) groups excluding carboxylic acids is 2. The van der Waals surface area contributed by atoms with Crippen LogP contribution in [-0.4, -0.2) is 22.0 Å². The van der Waals surface area contributed by atoms with Crippen LogP contribution in [0.1, 0.15) is 16.4 Å². The van der Waals surface area contributed by atoms with Crippen molar-refractivity contribution in [2.75, 3.05) is 4.90 Å². The Hall–Kier alpha value is -3.62. The quantitative estimate of drug-likeness (QED) is 0.410. The number of amides is 2. The van der Waals surface area contributed by atoms with Gasteiger partial charge in [-0.25, -0.2) is 4.90 Å². The van der Waals surface area contributed by atoms with E-state index in [0.29, 0.717) is 22.2 Å². The van der Waals surface area contributed by atoms with Gasteiger partial charge >= 0.3 is 4.87 Å². The van der Waals surface area contributed by atoms with E-state index in [2.05, 4.69) is 4.98 Å². The van der Waals surface area contributed by atoms with Crippen LogP contribution in [-0.2, 0) is 9.59 Å². The van der Waals surface area contributed by atoms with E-state index in [9.17, 15) is 14.4 Å². The molecule has 0 aliphatic carbocycles. The van der Waals surface area contributed by atoms with Gasteiger partial charge in [0, 0.05) is 10.8 Å². The largest absolute Gasteiger partial charge is 0.457 e. The van der Waals surface area contributed by atoms with Gasteiger partial charge in [-0.2, -0.15) is 0 Å². The summed E-state index contributed by atoms with van der Waals surface area (Å²) in [5.74, 6) is -0.242. The average Bonchev–Trinajstić information content (AvgIpc) is 3.35. The number of hydrogen-bond donors (Lipinski definition) is 1. The third-order valence-electron chi connectivity index (χ3n) is 6.03. The summed E-state index contributed by atoms with van der Waals surface area (Å²) in [7, 11) is 0. The zero-order chi connectivity index (χ0) is 23.2. The van der Waals surface area contributed by atoms with Gasteiger partial charge in [-0.15, -0.1) is 0 Å². The molecule has 2 aliphatic heterocycles. The maximum atomic E-state index is 13.7. The number of benzene rings is 3. The fourth-order valence-electron chi connectivity index (χ4n) is 4.60. The molecule has 3 aromatic carbocycles. The Kier molecular flexibility index (Phi) is 5.12. The van der Waals surface area contributed by atoms with Crippen LogP contribution < -0.4 is 14.5 Å². The third kappa shape index (κ3) is 3.46. The first-order valence-corrected chi connectivity index (χ1v) is 12.4. The molecule has 3 heterocycles. The standard InChI is InChI=1S/C26H18N2O4S2/c29-24-20-19(15-8-7-13-18(14-15)32-17-11-5-2-6-12-17)21-23(27-26(31)34-21)33-22(20)25(30)28(24)16-9-3-1-4-10-16/h1-14,19-20,22H,(H,27,31)/t19-,20?,22?/m1/s1. The minimum absolute atomic E-state index is 0.195. The Morgan fingerprint density at radius 1 is 0.794 bits per heavy atom. The summed E-state index contributed by atoms with van der Waals surface area (Å²) in [6, 6.07) is 26.0. The lowest BCUT2D eigenvalue weighted by Gasteiger charge is -2.30. The van der Waals surface area contributed by atoms with Crippen molar-refractivity contribution in [1.29, 1.82) is 0 Å². The number of rotatable bonds is 4. The number of nitrogens with one attached hydrogen (secondary N) is 1. The van der Waals surface area contributed by atoms with Crippen LogP contribution in [0, 0.1) is 5.92 Å². The summed E-state index contributed by atoms with van der Waals surface area (Å²) in [6.07, 6.45) is 0. The number of anilines is 1. The van der Waals surface area contributed by atoms with E-state index >= 15 is 0 Å². The fraction of sp³-hybridized carbons (Fsp3) is 0.115. The number of imide groups is 1. The molecule has 0 radical (unpaired) electrons. The Morgan fingerprint density at radius 2 is 1.50 bits per heavy atom. The number of para-hydroxylation sites is 2. The summed E-state index contributed by atoms with van der Waals surface area (Å²) in [4.78, 5) is 44.1. The van der Waals surface area contributed by atoms with E-state index in [1.54, 1.807) is 24.3 Å². The average molecular weight is 487 g/mol. The highest BCUT2D eigenvalue weighted by molar-refractivity contribution is 8.00. The number of nitrogens with zero attached hydrogens (tertiary/aromatic N) is 1. The van der Waals surface area contributed by atoms with Gasteiger partial charge in [-0.1, -0.05) is 71.6 Å². The predicted molar refractivity (Wildman–Crippen MR) is 132 cm³/mol. The van der Waals surface area contributed by atoms with Crippen molar-refractivity contribution in [1.82, 2.24) is 4.98 Å². The molecule has 4 aromatic rings. The van der Waals surface area contributed by atoms with E-state index in [-0.39, 0.29) is 16.7 Å². The molecule has 1 N–H and O–H groups in total. The SMILES string of the molecule is O=C1C2Sc3[nH]c(=O)sc3[C@H](c3cccc(Oc4ccccc4)c3)C2C(=O)N1c1ccccc1. The maximum Gasteiger partial charge on any atom is 0.305 e. The summed E-state index contributed by atoms with van der Waals surface area (Å²) < 4.78 is 6.02. The Bertz CT molecular complexity index is 1450. The van der Waals surface area contributed by atoms with Gasteiger partial charge in [0.2, 0.25) is 11.8 Å². The molecule has 2 amide bonds. The molecule has 2 unspecified atom stereocenters. The molecule has 6 nitrogen and oxygen atoms in total. The van der Waals surface area contributed by atoms with Crippen molar-refractivity contribution in [3.63, 3.8) is 0 Å². The van der Waals surface area contributed by atoms with Crippen LogP contribution in [0.15, 0.2) is 94.7 Å². The number of thioether (sulfide) groups is 1. The summed E-state index contributed by atoms with van der Waals surface area (Å²) in [5.41, 5.74) is 1.39. The summed E-state index contributed by atoms with van der Waals surface area (Å²) in [5, 5.41) is 0.0425. The molecule has 2 aliphatic rings. The lowest BCUT2D eigenvalue weighted by molar-refractivity contribution is -0.122. The van der Waals surface area contributed by atoms with Crippen molar-refractivity contribution < 1.29 is 14.3 Å². The molecule has 168 valence electrons. The van der Waals surface area contributed by atoms with E-state index in [1.807, 2.05) is 60.7 Å². The fourth-order valence-corrected chi connectivity index (χ4v) is 7.12.